The fraction of sp³-hybridized carbons (Fsp3) is 0.333. The highest BCUT2D eigenvalue weighted by atomic mass is 16.3. The molecule has 84 valence electrons. The minimum Gasteiger partial charge on any atom is -0.464 e. The summed E-state index contributed by atoms with van der Waals surface area (Å²) in [5.41, 5.74) is 3.97. The summed E-state index contributed by atoms with van der Waals surface area (Å²) >= 11 is 0. The molecule has 0 fully saturated rings. The first-order chi connectivity index (χ1) is 7.50. The van der Waals surface area contributed by atoms with E-state index in [-0.39, 0.29) is 5.41 Å². The molecule has 0 aliphatic rings. The quantitative estimate of drug-likeness (QED) is 0.678. The van der Waals surface area contributed by atoms with Crippen molar-refractivity contribution in [1.29, 1.82) is 0 Å². The molecule has 0 N–H and O–H groups in total. The Kier molecular flexibility index (Phi) is 2.63. The van der Waals surface area contributed by atoms with Crippen molar-refractivity contribution in [3.05, 3.63) is 47.7 Å². The minimum absolute atomic E-state index is 0.133. The molecule has 0 spiro atoms. The fourth-order valence-corrected chi connectivity index (χ4v) is 2.04. The third-order valence-electron chi connectivity index (χ3n) is 2.85. The molecule has 0 radical (unpaired) electrons. The largest absolute Gasteiger partial charge is 0.464 e. The number of rotatable bonds is 1. The highest BCUT2D eigenvalue weighted by Crippen LogP contribution is 2.35. The van der Waals surface area contributed by atoms with Crippen molar-refractivity contribution in [1.82, 2.24) is 0 Å². The van der Waals surface area contributed by atoms with Crippen LogP contribution in [0.15, 0.2) is 41.0 Å². The second-order valence-electron chi connectivity index (χ2n) is 5.22. The van der Waals surface area contributed by atoms with Crippen LogP contribution in [0.25, 0.3) is 11.3 Å². The first-order valence-electron chi connectivity index (χ1n) is 5.64. The number of aryl methyl sites for hydroxylation is 1. The van der Waals surface area contributed by atoms with Gasteiger partial charge in [0.1, 0.15) is 5.76 Å². The maximum Gasteiger partial charge on any atom is 0.134 e. The van der Waals surface area contributed by atoms with Crippen LogP contribution >= 0.6 is 0 Å². The second-order valence-corrected chi connectivity index (χ2v) is 5.22. The number of hydrogen-bond donors (Lipinski definition) is 0. The molecule has 0 amide bonds. The van der Waals surface area contributed by atoms with Crippen LogP contribution in [0.3, 0.4) is 0 Å². The summed E-state index contributed by atoms with van der Waals surface area (Å²) in [5.74, 6) is 0.961. The van der Waals surface area contributed by atoms with E-state index in [4.69, 9.17) is 4.42 Å². The zero-order valence-corrected chi connectivity index (χ0v) is 10.4. The molecule has 0 atom stereocenters. The zero-order chi connectivity index (χ0) is 11.8. The van der Waals surface area contributed by atoms with Gasteiger partial charge < -0.3 is 4.42 Å². The highest BCUT2D eigenvalue weighted by molar-refractivity contribution is 5.67. The molecule has 1 heterocycles. The van der Waals surface area contributed by atoms with Gasteiger partial charge in [-0.05, 0) is 35.6 Å². The van der Waals surface area contributed by atoms with Gasteiger partial charge in [0, 0.05) is 5.56 Å². The molecule has 1 aromatic carbocycles. The Morgan fingerprint density at radius 3 is 2.31 bits per heavy atom. The highest BCUT2D eigenvalue weighted by Gasteiger charge is 2.20. The molecular weight excluding hydrogens is 196 g/mol. The van der Waals surface area contributed by atoms with Gasteiger partial charge in [-0.1, -0.05) is 39.0 Å². The van der Waals surface area contributed by atoms with Crippen LogP contribution in [-0.2, 0) is 5.41 Å². The molecule has 0 saturated heterocycles. The molecule has 2 aromatic rings. The van der Waals surface area contributed by atoms with Gasteiger partial charge >= 0.3 is 0 Å². The Bertz CT molecular complexity index is 473. The Labute approximate surface area is 97.1 Å². The van der Waals surface area contributed by atoms with Crippen LogP contribution < -0.4 is 0 Å². The van der Waals surface area contributed by atoms with Crippen molar-refractivity contribution < 1.29 is 4.42 Å². The lowest BCUT2D eigenvalue weighted by molar-refractivity contribution is 0.565. The van der Waals surface area contributed by atoms with Gasteiger partial charge in [-0.3, -0.25) is 0 Å². The van der Waals surface area contributed by atoms with Crippen molar-refractivity contribution in [3.8, 4) is 11.3 Å². The first kappa shape index (κ1) is 11.0. The average Bonchev–Trinajstić information content (AvgIpc) is 2.68. The topological polar surface area (TPSA) is 13.1 Å². The third kappa shape index (κ3) is 1.90. The SMILES string of the molecule is Cc1cccc(C(C)(C)C)c1-c1ccco1. The predicted octanol–water partition coefficient (Wildman–Crippen LogP) is 4.55. The first-order valence-corrected chi connectivity index (χ1v) is 5.64. The summed E-state index contributed by atoms with van der Waals surface area (Å²) in [4.78, 5) is 0. The molecule has 0 unspecified atom stereocenters. The molecule has 1 aromatic heterocycles. The van der Waals surface area contributed by atoms with Crippen molar-refractivity contribution in [3.63, 3.8) is 0 Å². The van der Waals surface area contributed by atoms with Gasteiger partial charge in [0.25, 0.3) is 0 Å². The van der Waals surface area contributed by atoms with Crippen molar-refractivity contribution >= 4 is 0 Å². The maximum atomic E-state index is 5.54. The molecule has 16 heavy (non-hydrogen) atoms. The molecule has 0 bridgehead atoms. The summed E-state index contributed by atoms with van der Waals surface area (Å²) in [7, 11) is 0. The Balaban J connectivity index is 2.68. The van der Waals surface area contributed by atoms with E-state index >= 15 is 0 Å². The lowest BCUT2D eigenvalue weighted by Crippen LogP contribution is -2.13. The van der Waals surface area contributed by atoms with E-state index in [2.05, 4.69) is 45.9 Å². The predicted molar refractivity (Wildman–Crippen MR) is 67.6 cm³/mol. The summed E-state index contributed by atoms with van der Waals surface area (Å²) in [6, 6.07) is 10.4. The second kappa shape index (κ2) is 3.82. The minimum atomic E-state index is 0.133. The van der Waals surface area contributed by atoms with Crippen molar-refractivity contribution in [2.75, 3.05) is 0 Å². The van der Waals surface area contributed by atoms with Crippen LogP contribution in [0.4, 0.5) is 0 Å². The fourth-order valence-electron chi connectivity index (χ4n) is 2.04. The van der Waals surface area contributed by atoms with E-state index in [9.17, 15) is 0 Å². The number of furan rings is 1. The standard InChI is InChI=1S/C15H18O/c1-11-7-5-8-12(15(2,3)4)14(11)13-9-6-10-16-13/h5-10H,1-4H3. The smallest absolute Gasteiger partial charge is 0.134 e. The monoisotopic (exact) mass is 214 g/mol. The Morgan fingerprint density at radius 2 is 1.75 bits per heavy atom. The molecular formula is C15H18O. The van der Waals surface area contributed by atoms with Crippen molar-refractivity contribution in [2.45, 2.75) is 33.1 Å². The lowest BCUT2D eigenvalue weighted by atomic mass is 9.81. The Morgan fingerprint density at radius 1 is 1.00 bits per heavy atom. The van der Waals surface area contributed by atoms with E-state index in [0.717, 1.165) is 5.76 Å². The Hall–Kier alpha value is -1.50. The van der Waals surface area contributed by atoms with Gasteiger partial charge in [0.2, 0.25) is 0 Å². The summed E-state index contributed by atoms with van der Waals surface area (Å²) < 4.78 is 5.54. The van der Waals surface area contributed by atoms with E-state index in [1.807, 2.05) is 12.1 Å². The number of benzene rings is 1. The summed E-state index contributed by atoms with van der Waals surface area (Å²) in [5, 5.41) is 0. The molecule has 1 heteroatoms. The van der Waals surface area contributed by atoms with Crippen LogP contribution in [0, 0.1) is 6.92 Å². The van der Waals surface area contributed by atoms with Gasteiger partial charge in [0.15, 0.2) is 0 Å². The molecule has 1 nitrogen and oxygen atoms in total. The maximum absolute atomic E-state index is 5.54. The van der Waals surface area contributed by atoms with Gasteiger partial charge in [-0.25, -0.2) is 0 Å². The molecule has 0 aliphatic carbocycles. The summed E-state index contributed by atoms with van der Waals surface area (Å²) in [6.07, 6.45) is 1.73. The van der Waals surface area contributed by atoms with E-state index in [1.165, 1.54) is 16.7 Å². The molecule has 2 rings (SSSR count). The van der Waals surface area contributed by atoms with E-state index in [0.29, 0.717) is 0 Å². The van der Waals surface area contributed by atoms with E-state index in [1.54, 1.807) is 6.26 Å². The molecule has 0 aliphatic heterocycles. The van der Waals surface area contributed by atoms with Crippen LogP contribution in [0.1, 0.15) is 31.9 Å². The van der Waals surface area contributed by atoms with E-state index < -0.39 is 0 Å². The van der Waals surface area contributed by atoms with Gasteiger partial charge in [-0.15, -0.1) is 0 Å². The van der Waals surface area contributed by atoms with Crippen molar-refractivity contribution in [2.24, 2.45) is 0 Å². The third-order valence-corrected chi connectivity index (χ3v) is 2.85. The molecule has 0 saturated carbocycles. The van der Waals surface area contributed by atoms with Gasteiger partial charge in [-0.2, -0.15) is 0 Å². The van der Waals surface area contributed by atoms with Gasteiger partial charge in [0.05, 0.1) is 6.26 Å². The van der Waals surface area contributed by atoms with Crippen LogP contribution in [0.2, 0.25) is 0 Å². The lowest BCUT2D eigenvalue weighted by Gasteiger charge is -2.23. The van der Waals surface area contributed by atoms with Crippen LogP contribution in [0.5, 0.6) is 0 Å². The normalized spacial score (nSPS) is 11.8. The zero-order valence-electron chi connectivity index (χ0n) is 10.4. The van der Waals surface area contributed by atoms with Crippen LogP contribution in [-0.4, -0.2) is 0 Å². The number of hydrogen-bond acceptors (Lipinski definition) is 1. The summed E-state index contributed by atoms with van der Waals surface area (Å²) in [6.45, 7) is 8.82. The average molecular weight is 214 g/mol.